The zero-order chi connectivity index (χ0) is 13.7. The first-order valence-corrected chi connectivity index (χ1v) is 6.35. The average Bonchev–Trinajstić information content (AvgIpc) is 2.92. The van der Waals surface area contributed by atoms with Crippen molar-refractivity contribution in [3.63, 3.8) is 0 Å². The van der Waals surface area contributed by atoms with Gasteiger partial charge in [-0.15, -0.1) is 0 Å². The summed E-state index contributed by atoms with van der Waals surface area (Å²) in [5.41, 5.74) is 4.04. The number of rotatable bonds is 4. The zero-order valence-corrected chi connectivity index (χ0v) is 11.2. The van der Waals surface area contributed by atoms with Crippen molar-refractivity contribution in [3.8, 4) is 0 Å². The van der Waals surface area contributed by atoms with Crippen molar-refractivity contribution in [1.82, 2.24) is 5.32 Å². The van der Waals surface area contributed by atoms with Gasteiger partial charge in [-0.05, 0) is 30.5 Å². The van der Waals surface area contributed by atoms with E-state index in [-0.39, 0.29) is 6.03 Å². The molecule has 0 spiro atoms. The lowest BCUT2D eigenvalue weighted by atomic mass is 10.1. The quantitative estimate of drug-likeness (QED) is 0.882. The molecule has 0 aliphatic rings. The minimum absolute atomic E-state index is 0.204. The molecule has 100 valence electrons. The van der Waals surface area contributed by atoms with Gasteiger partial charge in [0.15, 0.2) is 0 Å². The van der Waals surface area contributed by atoms with Crippen LogP contribution in [0.5, 0.6) is 0 Å². The third kappa shape index (κ3) is 3.37. The summed E-state index contributed by atoms with van der Waals surface area (Å²) in [6.45, 7) is 4.52. The average molecular weight is 258 g/mol. The number of amides is 2. The maximum Gasteiger partial charge on any atom is 0.319 e. The summed E-state index contributed by atoms with van der Waals surface area (Å²) in [7, 11) is 0. The van der Waals surface area contributed by atoms with E-state index in [0.29, 0.717) is 6.54 Å². The Morgan fingerprint density at radius 3 is 2.84 bits per heavy atom. The lowest BCUT2D eigenvalue weighted by Crippen LogP contribution is -2.28. The number of hydrogen-bond donors (Lipinski definition) is 2. The predicted octanol–water partition coefficient (Wildman–Crippen LogP) is 3.47. The SMILES string of the molecule is CCc1cccc(C)c1NC(=O)NCc1ccoc1. The molecule has 19 heavy (non-hydrogen) atoms. The Labute approximate surface area is 112 Å². The second kappa shape index (κ2) is 6.09. The van der Waals surface area contributed by atoms with Gasteiger partial charge >= 0.3 is 6.03 Å². The normalized spacial score (nSPS) is 10.2. The van der Waals surface area contributed by atoms with Crippen molar-refractivity contribution in [3.05, 3.63) is 53.5 Å². The molecule has 2 N–H and O–H groups in total. The van der Waals surface area contributed by atoms with E-state index in [1.807, 2.05) is 31.2 Å². The second-order valence-electron chi connectivity index (χ2n) is 4.40. The van der Waals surface area contributed by atoms with E-state index in [2.05, 4.69) is 17.6 Å². The number of benzene rings is 1. The summed E-state index contributed by atoms with van der Waals surface area (Å²) < 4.78 is 4.95. The molecule has 0 saturated carbocycles. The molecule has 0 aliphatic heterocycles. The standard InChI is InChI=1S/C15H18N2O2/c1-3-13-6-4-5-11(2)14(13)17-15(18)16-9-12-7-8-19-10-12/h4-8,10H,3,9H2,1-2H3,(H2,16,17,18). The Kier molecular flexibility index (Phi) is 4.23. The zero-order valence-electron chi connectivity index (χ0n) is 11.2. The Bertz CT molecular complexity index is 547. The van der Waals surface area contributed by atoms with Crippen molar-refractivity contribution in [2.24, 2.45) is 0 Å². The van der Waals surface area contributed by atoms with Gasteiger partial charge in [0.25, 0.3) is 0 Å². The fourth-order valence-electron chi connectivity index (χ4n) is 1.94. The van der Waals surface area contributed by atoms with Crippen LogP contribution in [-0.4, -0.2) is 6.03 Å². The molecular formula is C15H18N2O2. The highest BCUT2D eigenvalue weighted by molar-refractivity contribution is 5.91. The summed E-state index contributed by atoms with van der Waals surface area (Å²) in [6, 6.07) is 7.64. The van der Waals surface area contributed by atoms with Gasteiger partial charge in [-0.1, -0.05) is 25.1 Å². The van der Waals surface area contributed by atoms with Crippen LogP contribution in [0, 0.1) is 6.92 Å². The van der Waals surface area contributed by atoms with Gasteiger partial charge in [0, 0.05) is 17.8 Å². The fraction of sp³-hybridized carbons (Fsp3) is 0.267. The Morgan fingerprint density at radius 1 is 1.32 bits per heavy atom. The van der Waals surface area contributed by atoms with E-state index in [0.717, 1.165) is 28.8 Å². The lowest BCUT2D eigenvalue weighted by molar-refractivity contribution is 0.251. The molecule has 1 heterocycles. The largest absolute Gasteiger partial charge is 0.472 e. The third-order valence-corrected chi connectivity index (χ3v) is 3.01. The molecule has 0 saturated heterocycles. The van der Waals surface area contributed by atoms with E-state index in [1.165, 1.54) is 0 Å². The van der Waals surface area contributed by atoms with E-state index in [1.54, 1.807) is 12.5 Å². The van der Waals surface area contributed by atoms with Crippen LogP contribution >= 0.6 is 0 Å². The van der Waals surface area contributed by atoms with Crippen LogP contribution in [0.15, 0.2) is 41.2 Å². The lowest BCUT2D eigenvalue weighted by Gasteiger charge is -2.13. The molecular weight excluding hydrogens is 240 g/mol. The monoisotopic (exact) mass is 258 g/mol. The van der Waals surface area contributed by atoms with Crippen LogP contribution < -0.4 is 10.6 Å². The molecule has 2 amide bonds. The molecule has 4 heteroatoms. The number of anilines is 1. The van der Waals surface area contributed by atoms with Gasteiger partial charge in [-0.2, -0.15) is 0 Å². The summed E-state index contributed by atoms with van der Waals surface area (Å²) >= 11 is 0. The topological polar surface area (TPSA) is 54.3 Å². The first-order valence-electron chi connectivity index (χ1n) is 6.35. The van der Waals surface area contributed by atoms with Gasteiger partial charge < -0.3 is 15.1 Å². The number of para-hydroxylation sites is 1. The van der Waals surface area contributed by atoms with Gasteiger partial charge in [0.2, 0.25) is 0 Å². The highest BCUT2D eigenvalue weighted by atomic mass is 16.3. The van der Waals surface area contributed by atoms with E-state index in [4.69, 9.17) is 4.42 Å². The molecule has 0 fully saturated rings. The van der Waals surface area contributed by atoms with Crippen LogP contribution in [0.2, 0.25) is 0 Å². The van der Waals surface area contributed by atoms with Gasteiger partial charge in [-0.25, -0.2) is 4.79 Å². The summed E-state index contributed by atoms with van der Waals surface area (Å²) in [6.07, 6.45) is 4.09. The molecule has 0 radical (unpaired) electrons. The number of furan rings is 1. The van der Waals surface area contributed by atoms with Crippen LogP contribution in [0.4, 0.5) is 10.5 Å². The summed E-state index contributed by atoms with van der Waals surface area (Å²) in [5, 5.41) is 5.71. The smallest absolute Gasteiger partial charge is 0.319 e. The van der Waals surface area contributed by atoms with Crippen LogP contribution in [0.1, 0.15) is 23.6 Å². The van der Waals surface area contributed by atoms with Gasteiger partial charge in [-0.3, -0.25) is 0 Å². The van der Waals surface area contributed by atoms with Gasteiger partial charge in [0.1, 0.15) is 0 Å². The van der Waals surface area contributed by atoms with Crippen molar-refractivity contribution in [1.29, 1.82) is 0 Å². The molecule has 0 atom stereocenters. The molecule has 4 nitrogen and oxygen atoms in total. The Morgan fingerprint density at radius 2 is 2.16 bits per heavy atom. The highest BCUT2D eigenvalue weighted by Crippen LogP contribution is 2.20. The minimum atomic E-state index is -0.204. The fourth-order valence-corrected chi connectivity index (χ4v) is 1.94. The predicted molar refractivity (Wildman–Crippen MR) is 75.1 cm³/mol. The summed E-state index contributed by atoms with van der Waals surface area (Å²) in [4.78, 5) is 11.9. The number of urea groups is 1. The van der Waals surface area contributed by atoms with Crippen LogP contribution in [-0.2, 0) is 13.0 Å². The number of nitrogens with one attached hydrogen (secondary N) is 2. The molecule has 0 aliphatic carbocycles. The van der Waals surface area contributed by atoms with E-state index in [9.17, 15) is 4.79 Å². The van der Waals surface area contributed by atoms with E-state index < -0.39 is 0 Å². The molecule has 2 aromatic rings. The molecule has 0 bridgehead atoms. The van der Waals surface area contributed by atoms with Crippen molar-refractivity contribution in [2.75, 3.05) is 5.32 Å². The number of carbonyl (C=O) groups is 1. The number of aryl methyl sites for hydroxylation is 2. The third-order valence-electron chi connectivity index (χ3n) is 3.01. The Hall–Kier alpha value is -2.23. The molecule has 2 rings (SSSR count). The minimum Gasteiger partial charge on any atom is -0.472 e. The Balaban J connectivity index is 1.99. The van der Waals surface area contributed by atoms with Gasteiger partial charge in [0.05, 0.1) is 12.5 Å². The summed E-state index contributed by atoms with van der Waals surface area (Å²) in [5.74, 6) is 0. The molecule has 1 aromatic carbocycles. The van der Waals surface area contributed by atoms with E-state index >= 15 is 0 Å². The molecule has 0 unspecified atom stereocenters. The first kappa shape index (κ1) is 13.2. The van der Waals surface area contributed by atoms with Crippen LogP contribution in [0.25, 0.3) is 0 Å². The first-order chi connectivity index (χ1) is 9.20. The molecule has 1 aromatic heterocycles. The highest BCUT2D eigenvalue weighted by Gasteiger charge is 2.08. The maximum atomic E-state index is 11.9. The number of carbonyl (C=O) groups excluding carboxylic acids is 1. The second-order valence-corrected chi connectivity index (χ2v) is 4.40. The van der Waals surface area contributed by atoms with Crippen molar-refractivity contribution < 1.29 is 9.21 Å². The van der Waals surface area contributed by atoms with Crippen LogP contribution in [0.3, 0.4) is 0 Å². The maximum absolute atomic E-state index is 11.9. The number of hydrogen-bond acceptors (Lipinski definition) is 2. The van der Waals surface area contributed by atoms with Crippen molar-refractivity contribution in [2.45, 2.75) is 26.8 Å². The van der Waals surface area contributed by atoms with Crippen molar-refractivity contribution >= 4 is 11.7 Å².